The minimum Gasteiger partial charge on any atom is -0.419 e. The molecule has 2 N–H and O–H groups in total. The molecule has 1 aliphatic heterocycles. The molecule has 0 bridgehead atoms. The Morgan fingerprint density at radius 2 is 2.14 bits per heavy atom. The zero-order chi connectivity index (χ0) is 20.1. The molecule has 3 aromatic heterocycles. The molecule has 0 saturated heterocycles. The van der Waals surface area contributed by atoms with E-state index in [0.717, 1.165) is 26.7 Å². The normalized spacial score (nSPS) is 16.2. The van der Waals surface area contributed by atoms with Gasteiger partial charge >= 0.3 is 0 Å². The van der Waals surface area contributed by atoms with Gasteiger partial charge in [0.1, 0.15) is 4.88 Å². The number of amides is 1. The number of anilines is 1. The number of carbonyl (C=O) groups excluding carboxylic acids is 1. The van der Waals surface area contributed by atoms with Crippen LogP contribution in [-0.4, -0.2) is 33.4 Å². The summed E-state index contributed by atoms with van der Waals surface area (Å²) in [7, 11) is 0. The number of nitrogens with one attached hydrogen (secondary N) is 2. The average Bonchev–Trinajstić information content (AvgIpc) is 3.01. The van der Waals surface area contributed by atoms with Crippen LogP contribution in [0, 0.1) is 0 Å². The number of rotatable bonds is 2. The fourth-order valence-corrected chi connectivity index (χ4v) is 4.76. The van der Waals surface area contributed by atoms with Gasteiger partial charge in [-0.25, -0.2) is 9.97 Å². The van der Waals surface area contributed by atoms with Crippen LogP contribution in [0.5, 0.6) is 11.8 Å². The Labute approximate surface area is 182 Å². The van der Waals surface area contributed by atoms with E-state index in [1.165, 1.54) is 17.5 Å². The van der Waals surface area contributed by atoms with Crippen molar-refractivity contribution in [1.29, 1.82) is 0 Å². The molecule has 0 aliphatic carbocycles. The van der Waals surface area contributed by atoms with E-state index < -0.39 is 0 Å². The Hall–Kier alpha value is -2.49. The summed E-state index contributed by atoms with van der Waals surface area (Å²) in [5.41, 5.74) is 1.62. The van der Waals surface area contributed by atoms with Gasteiger partial charge in [-0.05, 0) is 52.7 Å². The molecule has 5 rings (SSSR count). The highest BCUT2D eigenvalue weighted by molar-refractivity contribution is 9.10. The lowest BCUT2D eigenvalue weighted by molar-refractivity contribution is 0.0949. The highest BCUT2D eigenvalue weighted by atomic mass is 79.9. The van der Waals surface area contributed by atoms with Gasteiger partial charge in [-0.2, -0.15) is 4.98 Å². The maximum Gasteiger partial charge on any atom is 0.263 e. The molecular weight excluding hydrogens is 478 g/mol. The molecule has 4 aromatic rings. The minimum atomic E-state index is -0.0507. The van der Waals surface area contributed by atoms with Gasteiger partial charge in [-0.3, -0.25) is 4.79 Å². The van der Waals surface area contributed by atoms with Crippen molar-refractivity contribution in [3.05, 3.63) is 45.1 Å². The van der Waals surface area contributed by atoms with Crippen molar-refractivity contribution in [3.8, 4) is 11.8 Å². The first-order chi connectivity index (χ1) is 14.0. The van der Waals surface area contributed by atoms with Gasteiger partial charge in [0.2, 0.25) is 17.0 Å². The molecule has 0 spiro atoms. The van der Waals surface area contributed by atoms with Gasteiger partial charge < -0.3 is 15.4 Å². The van der Waals surface area contributed by atoms with E-state index in [1.54, 1.807) is 6.07 Å². The van der Waals surface area contributed by atoms with Gasteiger partial charge in [-0.15, -0.1) is 11.3 Å². The van der Waals surface area contributed by atoms with E-state index >= 15 is 0 Å². The number of fused-ring (bicyclic) bond motifs is 5. The summed E-state index contributed by atoms with van der Waals surface area (Å²) in [5, 5.41) is 8.45. The topological polar surface area (TPSA) is 89.0 Å². The second kappa shape index (κ2) is 7.08. The number of halogens is 2. The Kier molecular flexibility index (Phi) is 4.53. The van der Waals surface area contributed by atoms with E-state index in [9.17, 15) is 4.79 Å². The first-order valence-corrected chi connectivity index (χ1v) is 10.8. The number of carbonyl (C=O) groups is 1. The zero-order valence-electron chi connectivity index (χ0n) is 15.0. The SMILES string of the molecule is C[C@@H]1CNc2c(sc3ccc4nc(Oc5nc(Cl)ncc5Br)ccc4c23)C(=O)N1. The molecule has 1 atom stereocenters. The number of hydrogen-bond donors (Lipinski definition) is 2. The van der Waals surface area contributed by atoms with E-state index in [0.29, 0.717) is 21.8 Å². The first-order valence-electron chi connectivity index (χ1n) is 8.76. The Morgan fingerprint density at radius 3 is 3.00 bits per heavy atom. The fourth-order valence-electron chi connectivity index (χ4n) is 3.27. The molecule has 0 unspecified atom stereocenters. The quantitative estimate of drug-likeness (QED) is 0.385. The van der Waals surface area contributed by atoms with Gasteiger partial charge in [0.05, 0.1) is 15.7 Å². The number of nitrogens with zero attached hydrogens (tertiary/aromatic N) is 3. The lowest BCUT2D eigenvalue weighted by Crippen LogP contribution is -2.34. The van der Waals surface area contributed by atoms with E-state index in [2.05, 4.69) is 41.5 Å². The predicted octanol–water partition coefficient (Wildman–Crippen LogP) is 4.99. The third-order valence-corrected chi connectivity index (χ3v) is 6.43. The average molecular weight is 491 g/mol. The van der Waals surface area contributed by atoms with Gasteiger partial charge in [0.15, 0.2) is 0 Å². The molecular formula is C19H13BrClN5O2S. The molecule has 1 amide bonds. The van der Waals surface area contributed by atoms with Crippen LogP contribution in [0.25, 0.3) is 21.0 Å². The second-order valence-electron chi connectivity index (χ2n) is 6.61. The number of aromatic nitrogens is 3. The Morgan fingerprint density at radius 1 is 1.28 bits per heavy atom. The molecule has 7 nitrogen and oxygen atoms in total. The van der Waals surface area contributed by atoms with Gasteiger partial charge in [0.25, 0.3) is 5.91 Å². The molecule has 0 radical (unpaired) electrons. The molecule has 1 aliphatic rings. The van der Waals surface area contributed by atoms with Crippen LogP contribution in [0.4, 0.5) is 5.69 Å². The number of pyridine rings is 1. The summed E-state index contributed by atoms with van der Waals surface area (Å²) in [5.74, 6) is 0.618. The predicted molar refractivity (Wildman–Crippen MR) is 117 cm³/mol. The largest absolute Gasteiger partial charge is 0.419 e. The maximum atomic E-state index is 12.5. The minimum absolute atomic E-state index is 0.0507. The summed E-state index contributed by atoms with van der Waals surface area (Å²) < 4.78 is 7.39. The van der Waals surface area contributed by atoms with Gasteiger partial charge in [0, 0.05) is 40.3 Å². The molecule has 10 heteroatoms. The maximum absolute atomic E-state index is 12.5. The van der Waals surface area contributed by atoms with Gasteiger partial charge in [-0.1, -0.05) is 0 Å². The van der Waals surface area contributed by atoms with Crippen molar-refractivity contribution in [2.24, 2.45) is 0 Å². The lowest BCUT2D eigenvalue weighted by Gasteiger charge is -2.10. The third-order valence-electron chi connectivity index (χ3n) is 4.55. The van der Waals surface area contributed by atoms with Crippen LogP contribution < -0.4 is 15.4 Å². The highest BCUT2D eigenvalue weighted by Crippen LogP contribution is 2.41. The molecule has 0 fully saturated rings. The van der Waals surface area contributed by atoms with Crippen molar-refractivity contribution in [1.82, 2.24) is 20.3 Å². The molecule has 0 saturated carbocycles. The van der Waals surface area contributed by atoms with Crippen LogP contribution in [0.15, 0.2) is 34.9 Å². The van der Waals surface area contributed by atoms with Crippen LogP contribution in [0.1, 0.15) is 16.6 Å². The first kappa shape index (κ1) is 18.5. The van der Waals surface area contributed by atoms with Crippen LogP contribution in [-0.2, 0) is 0 Å². The summed E-state index contributed by atoms with van der Waals surface area (Å²) >= 11 is 10.7. The summed E-state index contributed by atoms with van der Waals surface area (Å²) in [6, 6.07) is 7.67. The molecule has 29 heavy (non-hydrogen) atoms. The number of thiophene rings is 1. The van der Waals surface area contributed by atoms with Crippen molar-refractivity contribution < 1.29 is 9.53 Å². The summed E-state index contributed by atoms with van der Waals surface area (Å²) in [6.45, 7) is 2.64. The lowest BCUT2D eigenvalue weighted by atomic mass is 10.1. The standard InChI is InChI=1S/C19H13BrClN5O2S/c1-8-6-22-15-14-9-2-5-13(28-18-10(20)7-23-19(21)26-18)25-11(9)3-4-12(14)29-16(15)17(27)24-8/h2-5,7-8,22H,6H2,1H3,(H,24,27)/t8-/m1/s1. The highest BCUT2D eigenvalue weighted by Gasteiger charge is 2.24. The zero-order valence-corrected chi connectivity index (χ0v) is 18.2. The van der Waals surface area contributed by atoms with Crippen molar-refractivity contribution >= 4 is 71.5 Å². The fraction of sp³-hybridized carbons (Fsp3) is 0.158. The van der Waals surface area contributed by atoms with E-state index in [4.69, 9.17) is 16.3 Å². The monoisotopic (exact) mass is 489 g/mol. The van der Waals surface area contributed by atoms with Crippen LogP contribution >= 0.6 is 38.9 Å². The molecule has 1 aromatic carbocycles. The third kappa shape index (κ3) is 3.29. The van der Waals surface area contributed by atoms with Crippen molar-refractivity contribution in [2.75, 3.05) is 11.9 Å². The smallest absolute Gasteiger partial charge is 0.263 e. The van der Waals surface area contributed by atoms with Crippen molar-refractivity contribution in [2.45, 2.75) is 13.0 Å². The summed E-state index contributed by atoms with van der Waals surface area (Å²) in [6.07, 6.45) is 1.52. The second-order valence-corrected chi connectivity index (χ2v) is 8.86. The number of benzene rings is 1. The number of hydrogen-bond acceptors (Lipinski definition) is 7. The van der Waals surface area contributed by atoms with E-state index in [-0.39, 0.29) is 23.1 Å². The van der Waals surface area contributed by atoms with E-state index in [1.807, 2.05) is 25.1 Å². The Bertz CT molecular complexity index is 1290. The van der Waals surface area contributed by atoms with Crippen molar-refractivity contribution in [3.63, 3.8) is 0 Å². The van der Waals surface area contributed by atoms with Crippen LogP contribution in [0.2, 0.25) is 5.28 Å². The molecule has 4 heterocycles. The van der Waals surface area contributed by atoms with Crippen LogP contribution in [0.3, 0.4) is 0 Å². The Balaban J connectivity index is 1.62. The summed E-state index contributed by atoms with van der Waals surface area (Å²) in [4.78, 5) is 25.8. The number of ether oxygens (including phenoxy) is 1. The molecule has 146 valence electrons.